The lowest BCUT2D eigenvalue weighted by Crippen LogP contribution is -2.54. The number of hydrogen-bond donors (Lipinski definition) is 2. The van der Waals surface area contributed by atoms with Crippen LogP contribution in [0.1, 0.15) is 39.5 Å². The van der Waals surface area contributed by atoms with Crippen molar-refractivity contribution >= 4 is 0 Å². The van der Waals surface area contributed by atoms with E-state index in [1.54, 1.807) is 0 Å². The molecule has 1 saturated heterocycles. The number of rotatable bonds is 4. The predicted octanol–water partition coefficient (Wildman–Crippen LogP) is 1.53. The van der Waals surface area contributed by atoms with Crippen molar-refractivity contribution in [3.8, 4) is 0 Å². The van der Waals surface area contributed by atoms with E-state index < -0.39 is 0 Å². The Morgan fingerprint density at radius 3 is 2.55 bits per heavy atom. The smallest absolute Gasteiger partial charge is 0.0254 e. The fourth-order valence-electron chi connectivity index (χ4n) is 4.00. The molecule has 0 bridgehead atoms. The van der Waals surface area contributed by atoms with E-state index in [1.165, 1.54) is 45.3 Å². The summed E-state index contributed by atoms with van der Waals surface area (Å²) in [6.07, 6.45) is 5.22. The first-order chi connectivity index (χ1) is 9.51. The van der Waals surface area contributed by atoms with Crippen molar-refractivity contribution in [3.63, 3.8) is 0 Å². The summed E-state index contributed by atoms with van der Waals surface area (Å²) in [6, 6.07) is 1.12. The highest BCUT2D eigenvalue weighted by atomic mass is 15.3. The van der Waals surface area contributed by atoms with Gasteiger partial charge in [0.2, 0.25) is 0 Å². The van der Waals surface area contributed by atoms with Gasteiger partial charge in [0.05, 0.1) is 0 Å². The normalized spacial score (nSPS) is 38.9. The van der Waals surface area contributed by atoms with Crippen molar-refractivity contribution in [1.29, 1.82) is 0 Å². The van der Waals surface area contributed by atoms with Crippen LogP contribution in [0, 0.1) is 17.8 Å². The molecule has 1 saturated carbocycles. The molecule has 0 spiro atoms. The van der Waals surface area contributed by atoms with Gasteiger partial charge in [-0.25, -0.2) is 0 Å². The maximum absolute atomic E-state index is 5.90. The van der Waals surface area contributed by atoms with Gasteiger partial charge >= 0.3 is 0 Å². The van der Waals surface area contributed by atoms with Crippen LogP contribution in [-0.2, 0) is 0 Å². The van der Waals surface area contributed by atoms with Crippen LogP contribution in [0.4, 0.5) is 0 Å². The minimum absolute atomic E-state index is 0.476. The molecular weight excluding hydrogens is 248 g/mol. The van der Waals surface area contributed by atoms with Crippen molar-refractivity contribution in [2.24, 2.45) is 23.6 Å². The van der Waals surface area contributed by atoms with E-state index in [0.717, 1.165) is 17.8 Å². The molecule has 5 atom stereocenters. The van der Waals surface area contributed by atoms with E-state index in [0.29, 0.717) is 12.1 Å². The van der Waals surface area contributed by atoms with E-state index in [4.69, 9.17) is 5.84 Å². The van der Waals surface area contributed by atoms with Crippen molar-refractivity contribution in [3.05, 3.63) is 0 Å². The highest BCUT2D eigenvalue weighted by Crippen LogP contribution is 2.36. The number of hydrazine groups is 1. The van der Waals surface area contributed by atoms with Gasteiger partial charge in [-0.05, 0) is 51.1 Å². The van der Waals surface area contributed by atoms with Gasteiger partial charge in [0, 0.05) is 31.7 Å². The molecule has 2 aliphatic rings. The quantitative estimate of drug-likeness (QED) is 0.606. The number of piperazine rings is 1. The summed E-state index contributed by atoms with van der Waals surface area (Å²) in [7, 11) is 4.49. The molecular formula is C16H34N4. The number of nitrogens with one attached hydrogen (secondary N) is 1. The zero-order valence-corrected chi connectivity index (χ0v) is 13.8. The highest BCUT2D eigenvalue weighted by molar-refractivity contribution is 4.88. The van der Waals surface area contributed by atoms with Gasteiger partial charge in [0.1, 0.15) is 0 Å². The zero-order valence-electron chi connectivity index (χ0n) is 13.8. The van der Waals surface area contributed by atoms with Gasteiger partial charge in [0.15, 0.2) is 0 Å². The SMILES string of the molecule is CC1CCC(C(CC2CN(C)CCN2C)NN)CC1C. The third-order valence-electron chi connectivity index (χ3n) is 5.93. The Morgan fingerprint density at radius 2 is 1.90 bits per heavy atom. The molecule has 1 aliphatic heterocycles. The molecule has 0 amide bonds. The first-order valence-electron chi connectivity index (χ1n) is 8.36. The van der Waals surface area contributed by atoms with E-state index in [9.17, 15) is 0 Å². The van der Waals surface area contributed by atoms with Gasteiger partial charge in [-0.3, -0.25) is 11.3 Å². The second-order valence-corrected chi connectivity index (χ2v) is 7.43. The molecule has 20 heavy (non-hydrogen) atoms. The minimum Gasteiger partial charge on any atom is -0.304 e. The first kappa shape index (κ1) is 16.2. The van der Waals surface area contributed by atoms with Gasteiger partial charge < -0.3 is 9.80 Å². The van der Waals surface area contributed by atoms with Gasteiger partial charge in [-0.1, -0.05) is 20.3 Å². The summed E-state index contributed by atoms with van der Waals surface area (Å²) in [4.78, 5) is 4.96. The number of nitrogens with zero attached hydrogens (tertiary/aromatic N) is 2. The molecule has 2 rings (SSSR count). The summed E-state index contributed by atoms with van der Waals surface area (Å²) in [5.41, 5.74) is 3.14. The number of nitrogens with two attached hydrogens (primary N) is 1. The lowest BCUT2D eigenvalue weighted by atomic mass is 9.72. The Bertz CT molecular complexity index is 296. The summed E-state index contributed by atoms with van der Waals surface area (Å²) in [5.74, 6) is 8.38. The van der Waals surface area contributed by atoms with Crippen molar-refractivity contribution < 1.29 is 0 Å². The van der Waals surface area contributed by atoms with Crippen LogP contribution >= 0.6 is 0 Å². The average Bonchev–Trinajstić information content (AvgIpc) is 2.43. The third-order valence-corrected chi connectivity index (χ3v) is 5.93. The van der Waals surface area contributed by atoms with Crippen LogP contribution in [0.15, 0.2) is 0 Å². The van der Waals surface area contributed by atoms with Gasteiger partial charge in [-0.2, -0.15) is 0 Å². The predicted molar refractivity (Wildman–Crippen MR) is 85.3 cm³/mol. The van der Waals surface area contributed by atoms with Crippen LogP contribution in [0.2, 0.25) is 0 Å². The molecule has 1 heterocycles. The summed E-state index contributed by atoms with van der Waals surface area (Å²) < 4.78 is 0. The molecule has 3 N–H and O–H groups in total. The maximum Gasteiger partial charge on any atom is 0.0254 e. The van der Waals surface area contributed by atoms with Crippen LogP contribution in [0.3, 0.4) is 0 Å². The van der Waals surface area contributed by atoms with Gasteiger partial charge in [-0.15, -0.1) is 0 Å². The molecule has 0 radical (unpaired) electrons. The average molecular weight is 282 g/mol. The molecule has 4 heteroatoms. The Hall–Kier alpha value is -0.160. The summed E-state index contributed by atoms with van der Waals surface area (Å²) >= 11 is 0. The van der Waals surface area contributed by atoms with E-state index in [-0.39, 0.29) is 0 Å². The maximum atomic E-state index is 5.90. The van der Waals surface area contributed by atoms with Crippen LogP contribution < -0.4 is 11.3 Å². The number of likely N-dealkylation sites (N-methyl/N-ethyl adjacent to an activating group) is 2. The van der Waals surface area contributed by atoms with E-state index >= 15 is 0 Å². The van der Waals surface area contributed by atoms with E-state index in [2.05, 4.69) is 43.2 Å². The second-order valence-electron chi connectivity index (χ2n) is 7.43. The van der Waals surface area contributed by atoms with E-state index in [1.807, 2.05) is 0 Å². The monoisotopic (exact) mass is 282 g/mol. The topological polar surface area (TPSA) is 44.5 Å². The van der Waals surface area contributed by atoms with Crippen LogP contribution in [0.5, 0.6) is 0 Å². The molecule has 118 valence electrons. The molecule has 0 aromatic heterocycles. The number of hydrogen-bond acceptors (Lipinski definition) is 4. The molecule has 0 aromatic carbocycles. The first-order valence-corrected chi connectivity index (χ1v) is 8.36. The van der Waals surface area contributed by atoms with Crippen molar-refractivity contribution in [1.82, 2.24) is 15.2 Å². The molecule has 4 nitrogen and oxygen atoms in total. The Balaban J connectivity index is 1.91. The Kier molecular flexibility index (Phi) is 5.84. The molecule has 1 aliphatic carbocycles. The molecule has 0 aromatic rings. The Morgan fingerprint density at radius 1 is 1.15 bits per heavy atom. The fourth-order valence-corrected chi connectivity index (χ4v) is 4.00. The lowest BCUT2D eigenvalue weighted by molar-refractivity contribution is 0.0832. The minimum atomic E-state index is 0.476. The summed E-state index contributed by atoms with van der Waals surface area (Å²) in [5, 5.41) is 0. The third kappa shape index (κ3) is 3.94. The largest absolute Gasteiger partial charge is 0.304 e. The zero-order chi connectivity index (χ0) is 14.7. The molecule has 5 unspecified atom stereocenters. The van der Waals surface area contributed by atoms with Crippen LogP contribution in [-0.4, -0.2) is 55.6 Å². The summed E-state index contributed by atoms with van der Waals surface area (Å²) in [6.45, 7) is 8.34. The second kappa shape index (κ2) is 7.21. The van der Waals surface area contributed by atoms with Crippen molar-refractivity contribution in [2.75, 3.05) is 33.7 Å². The van der Waals surface area contributed by atoms with Crippen molar-refractivity contribution in [2.45, 2.75) is 51.6 Å². The Labute approximate surface area is 125 Å². The van der Waals surface area contributed by atoms with Crippen LogP contribution in [0.25, 0.3) is 0 Å². The standard InChI is InChI=1S/C16H34N4/c1-12-5-6-14(9-13(12)2)16(18-17)10-15-11-19(3)7-8-20(15)4/h12-16,18H,5-11,17H2,1-4H3. The molecule has 2 fully saturated rings. The fraction of sp³-hybridized carbons (Fsp3) is 1.00. The van der Waals surface area contributed by atoms with Gasteiger partial charge in [0.25, 0.3) is 0 Å². The lowest BCUT2D eigenvalue weighted by Gasteiger charge is -2.42. The highest BCUT2D eigenvalue weighted by Gasteiger charge is 2.33.